The normalized spacial score (nSPS) is 18.9. The van der Waals surface area contributed by atoms with E-state index in [4.69, 9.17) is 11.6 Å². The number of hydrogen-bond acceptors (Lipinski definition) is 2. The number of alkyl halides is 1. The summed E-state index contributed by atoms with van der Waals surface area (Å²) < 4.78 is 2.17. The third-order valence-electron chi connectivity index (χ3n) is 2.60. The molecule has 0 atom stereocenters. The van der Waals surface area contributed by atoms with Crippen molar-refractivity contribution in [3.8, 4) is 0 Å². The lowest BCUT2D eigenvalue weighted by molar-refractivity contribution is 0.114. The summed E-state index contributed by atoms with van der Waals surface area (Å²) in [5.41, 5.74) is 0.969. The fourth-order valence-corrected chi connectivity index (χ4v) is 1.78. The molecule has 1 aromatic heterocycles. The van der Waals surface area contributed by atoms with Crippen LogP contribution < -0.4 is 0 Å². The summed E-state index contributed by atoms with van der Waals surface area (Å²) in [5, 5.41) is 0. The zero-order valence-corrected chi connectivity index (χ0v) is 8.54. The highest BCUT2D eigenvalue weighted by Crippen LogP contribution is 2.20. The van der Waals surface area contributed by atoms with Gasteiger partial charge in [-0.25, -0.2) is 4.98 Å². The molecule has 1 aliphatic rings. The molecule has 0 radical (unpaired) electrons. The standard InChI is InChI=1S/C9H14ClN3/c1-2-12-5-9(6-12)13-4-8(3-10)11-7-13/h4,7,9H,2-3,5-6H2,1H3. The summed E-state index contributed by atoms with van der Waals surface area (Å²) in [4.78, 5) is 6.61. The Morgan fingerprint density at radius 3 is 2.92 bits per heavy atom. The minimum atomic E-state index is 0.511. The highest BCUT2D eigenvalue weighted by Gasteiger charge is 2.26. The van der Waals surface area contributed by atoms with Crippen molar-refractivity contribution in [1.29, 1.82) is 0 Å². The van der Waals surface area contributed by atoms with E-state index in [1.165, 1.54) is 0 Å². The van der Waals surface area contributed by atoms with E-state index in [1.807, 2.05) is 12.5 Å². The zero-order valence-electron chi connectivity index (χ0n) is 7.78. The maximum atomic E-state index is 5.68. The summed E-state index contributed by atoms with van der Waals surface area (Å²) in [5.74, 6) is 0.511. The molecule has 0 unspecified atom stereocenters. The lowest BCUT2D eigenvalue weighted by atomic mass is 10.1. The topological polar surface area (TPSA) is 21.1 Å². The van der Waals surface area contributed by atoms with Crippen LogP contribution in [-0.2, 0) is 5.88 Å². The van der Waals surface area contributed by atoms with E-state index in [0.29, 0.717) is 11.9 Å². The van der Waals surface area contributed by atoms with Crippen LogP contribution in [0, 0.1) is 0 Å². The van der Waals surface area contributed by atoms with Crippen LogP contribution in [0.1, 0.15) is 18.7 Å². The molecule has 0 spiro atoms. The van der Waals surface area contributed by atoms with Crippen LogP contribution >= 0.6 is 11.6 Å². The third-order valence-corrected chi connectivity index (χ3v) is 2.87. The maximum absolute atomic E-state index is 5.68. The molecular weight excluding hydrogens is 186 g/mol. The molecule has 13 heavy (non-hydrogen) atoms. The Bertz CT molecular complexity index is 278. The van der Waals surface area contributed by atoms with Crippen LogP contribution in [-0.4, -0.2) is 34.1 Å². The molecule has 2 rings (SSSR count). The predicted molar refractivity (Wildman–Crippen MR) is 52.9 cm³/mol. The van der Waals surface area contributed by atoms with E-state index in [2.05, 4.69) is 21.4 Å². The second-order valence-electron chi connectivity index (χ2n) is 3.45. The van der Waals surface area contributed by atoms with Gasteiger partial charge in [0.15, 0.2) is 0 Å². The first kappa shape index (κ1) is 9.03. The van der Waals surface area contributed by atoms with Crippen molar-refractivity contribution >= 4 is 11.6 Å². The summed E-state index contributed by atoms with van der Waals surface area (Å²) in [7, 11) is 0. The molecule has 0 saturated carbocycles. The van der Waals surface area contributed by atoms with Crippen molar-refractivity contribution in [3.63, 3.8) is 0 Å². The average molecular weight is 200 g/mol. The molecule has 0 N–H and O–H groups in total. The highest BCUT2D eigenvalue weighted by atomic mass is 35.5. The number of rotatable bonds is 3. The Balaban J connectivity index is 1.95. The molecule has 1 aliphatic heterocycles. The van der Waals surface area contributed by atoms with Gasteiger partial charge in [0.25, 0.3) is 0 Å². The first-order chi connectivity index (χ1) is 6.33. The number of halogens is 1. The molecule has 0 aliphatic carbocycles. The van der Waals surface area contributed by atoms with Crippen molar-refractivity contribution in [2.24, 2.45) is 0 Å². The lowest BCUT2D eigenvalue weighted by Gasteiger charge is -2.39. The molecule has 0 amide bonds. The van der Waals surface area contributed by atoms with Crippen LogP contribution in [0.15, 0.2) is 12.5 Å². The first-order valence-corrected chi connectivity index (χ1v) is 5.17. The highest BCUT2D eigenvalue weighted by molar-refractivity contribution is 6.16. The van der Waals surface area contributed by atoms with E-state index in [0.717, 1.165) is 25.3 Å². The van der Waals surface area contributed by atoms with Gasteiger partial charge < -0.3 is 4.57 Å². The molecule has 2 heterocycles. The Morgan fingerprint density at radius 1 is 1.62 bits per heavy atom. The van der Waals surface area contributed by atoms with Crippen molar-refractivity contribution in [2.75, 3.05) is 19.6 Å². The lowest BCUT2D eigenvalue weighted by Crippen LogP contribution is -2.46. The summed E-state index contributed by atoms with van der Waals surface area (Å²) in [6.45, 7) is 5.63. The minimum Gasteiger partial charge on any atom is -0.332 e. The number of likely N-dealkylation sites (N-methyl/N-ethyl adjacent to an activating group) is 1. The van der Waals surface area contributed by atoms with Gasteiger partial charge in [-0.1, -0.05) is 6.92 Å². The van der Waals surface area contributed by atoms with Crippen molar-refractivity contribution in [1.82, 2.24) is 14.5 Å². The van der Waals surface area contributed by atoms with E-state index in [1.54, 1.807) is 0 Å². The van der Waals surface area contributed by atoms with Gasteiger partial charge in [-0.15, -0.1) is 11.6 Å². The fraction of sp³-hybridized carbons (Fsp3) is 0.667. The van der Waals surface area contributed by atoms with Crippen LogP contribution in [0.4, 0.5) is 0 Å². The van der Waals surface area contributed by atoms with Crippen molar-refractivity contribution < 1.29 is 0 Å². The van der Waals surface area contributed by atoms with E-state index in [-0.39, 0.29) is 0 Å². The Hall–Kier alpha value is -0.540. The third kappa shape index (κ3) is 1.71. The molecule has 1 saturated heterocycles. The summed E-state index contributed by atoms with van der Waals surface area (Å²) >= 11 is 5.68. The second-order valence-corrected chi connectivity index (χ2v) is 3.72. The van der Waals surface area contributed by atoms with Gasteiger partial charge >= 0.3 is 0 Å². The summed E-state index contributed by atoms with van der Waals surface area (Å²) in [6.07, 6.45) is 3.93. The van der Waals surface area contributed by atoms with Gasteiger partial charge in [0.2, 0.25) is 0 Å². The van der Waals surface area contributed by atoms with E-state index in [9.17, 15) is 0 Å². The van der Waals surface area contributed by atoms with Gasteiger partial charge in [0.05, 0.1) is 23.9 Å². The molecule has 72 valence electrons. The van der Waals surface area contributed by atoms with Crippen molar-refractivity contribution in [3.05, 3.63) is 18.2 Å². The number of hydrogen-bond donors (Lipinski definition) is 0. The van der Waals surface area contributed by atoms with Gasteiger partial charge in [0.1, 0.15) is 0 Å². The molecule has 1 fully saturated rings. The molecular formula is C9H14ClN3. The molecule has 0 bridgehead atoms. The molecule has 0 aromatic carbocycles. The smallest absolute Gasteiger partial charge is 0.0953 e. The Kier molecular flexibility index (Phi) is 2.56. The van der Waals surface area contributed by atoms with E-state index < -0.39 is 0 Å². The van der Waals surface area contributed by atoms with Gasteiger partial charge in [-0.3, -0.25) is 4.90 Å². The van der Waals surface area contributed by atoms with Gasteiger partial charge in [-0.2, -0.15) is 0 Å². The van der Waals surface area contributed by atoms with Crippen LogP contribution in [0.25, 0.3) is 0 Å². The molecule has 4 heteroatoms. The van der Waals surface area contributed by atoms with Crippen molar-refractivity contribution in [2.45, 2.75) is 18.8 Å². The number of aromatic nitrogens is 2. The monoisotopic (exact) mass is 199 g/mol. The van der Waals surface area contributed by atoms with Crippen LogP contribution in [0.2, 0.25) is 0 Å². The quantitative estimate of drug-likeness (QED) is 0.688. The van der Waals surface area contributed by atoms with Gasteiger partial charge in [0, 0.05) is 19.3 Å². The Morgan fingerprint density at radius 2 is 2.38 bits per heavy atom. The number of likely N-dealkylation sites (tertiary alicyclic amines) is 1. The number of nitrogens with zero attached hydrogens (tertiary/aromatic N) is 3. The van der Waals surface area contributed by atoms with Crippen LogP contribution in [0.5, 0.6) is 0 Å². The SMILES string of the molecule is CCN1CC(n2cnc(CCl)c2)C1. The molecule has 3 nitrogen and oxygen atoms in total. The zero-order chi connectivity index (χ0) is 9.26. The molecule has 1 aromatic rings. The van der Waals surface area contributed by atoms with E-state index >= 15 is 0 Å². The summed E-state index contributed by atoms with van der Waals surface area (Å²) in [6, 6.07) is 0.615. The number of imidazole rings is 1. The fourth-order valence-electron chi connectivity index (χ4n) is 1.64. The Labute approximate surface area is 83.3 Å². The minimum absolute atomic E-state index is 0.511. The maximum Gasteiger partial charge on any atom is 0.0953 e. The second kappa shape index (κ2) is 3.68. The average Bonchev–Trinajstić information content (AvgIpc) is 2.51. The van der Waals surface area contributed by atoms with Gasteiger partial charge in [-0.05, 0) is 6.54 Å². The largest absolute Gasteiger partial charge is 0.332 e. The predicted octanol–water partition coefficient (Wildman–Crippen LogP) is 1.50. The first-order valence-electron chi connectivity index (χ1n) is 4.64. The van der Waals surface area contributed by atoms with Crippen LogP contribution in [0.3, 0.4) is 0 Å².